The monoisotopic (exact) mass is 226 g/mol. The van der Waals surface area contributed by atoms with Crippen LogP contribution in [-0.2, 0) is 0 Å². The van der Waals surface area contributed by atoms with Crippen molar-refractivity contribution in [3.8, 4) is 5.75 Å². The summed E-state index contributed by atoms with van der Waals surface area (Å²) < 4.78 is 0. The molecule has 1 aromatic rings. The normalized spacial score (nSPS) is 15.0. The van der Waals surface area contributed by atoms with E-state index in [4.69, 9.17) is 0 Å². The molecule has 15 heavy (non-hydrogen) atoms. The van der Waals surface area contributed by atoms with Gasteiger partial charge in [-0.3, -0.25) is 0 Å². The molecule has 0 bridgehead atoms. The number of aryl methyl sites for hydroxylation is 2. The minimum absolute atomic E-state index is 0.161. The standard InChI is InChI=1S/C12H18O2S/c1-7-5-11(6-8(2)12(7)14)15-10(4)9(3)13/h5-6,9-10,13-14H,1-4H3/t9-,10+/m1/s1. The number of hydrogen-bond donors (Lipinski definition) is 2. The highest BCUT2D eigenvalue weighted by molar-refractivity contribution is 8.00. The van der Waals surface area contributed by atoms with Crippen molar-refractivity contribution in [3.05, 3.63) is 23.3 Å². The van der Waals surface area contributed by atoms with Gasteiger partial charge in [-0.25, -0.2) is 0 Å². The summed E-state index contributed by atoms with van der Waals surface area (Å²) in [7, 11) is 0. The maximum Gasteiger partial charge on any atom is 0.121 e. The van der Waals surface area contributed by atoms with Crippen LogP contribution in [0, 0.1) is 13.8 Å². The van der Waals surface area contributed by atoms with Crippen molar-refractivity contribution in [1.29, 1.82) is 0 Å². The molecule has 0 heterocycles. The Labute approximate surface area is 95.3 Å². The van der Waals surface area contributed by atoms with Crippen LogP contribution in [0.2, 0.25) is 0 Å². The molecule has 0 saturated heterocycles. The summed E-state index contributed by atoms with van der Waals surface area (Å²) in [5, 5.41) is 19.2. The van der Waals surface area contributed by atoms with Gasteiger partial charge in [-0.05, 0) is 44.0 Å². The fourth-order valence-corrected chi connectivity index (χ4v) is 2.41. The molecule has 0 spiro atoms. The van der Waals surface area contributed by atoms with Crippen LogP contribution in [0.5, 0.6) is 5.75 Å². The number of aliphatic hydroxyl groups excluding tert-OH is 1. The van der Waals surface area contributed by atoms with E-state index in [0.29, 0.717) is 5.75 Å². The number of aromatic hydroxyl groups is 1. The zero-order valence-electron chi connectivity index (χ0n) is 9.61. The van der Waals surface area contributed by atoms with Gasteiger partial charge in [0.05, 0.1) is 6.10 Å². The lowest BCUT2D eigenvalue weighted by Crippen LogP contribution is -2.14. The molecule has 0 aliphatic rings. The van der Waals surface area contributed by atoms with Crippen LogP contribution < -0.4 is 0 Å². The molecule has 2 N–H and O–H groups in total. The van der Waals surface area contributed by atoms with E-state index in [2.05, 4.69) is 0 Å². The van der Waals surface area contributed by atoms with Crippen molar-refractivity contribution in [2.24, 2.45) is 0 Å². The Morgan fingerprint density at radius 3 is 2.00 bits per heavy atom. The van der Waals surface area contributed by atoms with Gasteiger partial charge < -0.3 is 10.2 Å². The van der Waals surface area contributed by atoms with Crippen LogP contribution in [0.15, 0.2) is 17.0 Å². The van der Waals surface area contributed by atoms with Crippen LogP contribution in [0.4, 0.5) is 0 Å². The highest BCUT2D eigenvalue weighted by Crippen LogP contribution is 2.31. The van der Waals surface area contributed by atoms with Crippen molar-refractivity contribution in [2.75, 3.05) is 0 Å². The highest BCUT2D eigenvalue weighted by Gasteiger charge is 2.12. The van der Waals surface area contributed by atoms with Gasteiger partial charge in [0.2, 0.25) is 0 Å². The Balaban J connectivity index is 2.88. The Morgan fingerprint density at radius 2 is 1.60 bits per heavy atom. The number of hydrogen-bond acceptors (Lipinski definition) is 3. The molecule has 0 unspecified atom stereocenters. The first-order chi connectivity index (χ1) is 6.91. The molecular weight excluding hydrogens is 208 g/mol. The van der Waals surface area contributed by atoms with E-state index in [1.165, 1.54) is 0 Å². The molecular formula is C12H18O2S. The van der Waals surface area contributed by atoms with Gasteiger partial charge in [0, 0.05) is 10.1 Å². The van der Waals surface area contributed by atoms with E-state index >= 15 is 0 Å². The first-order valence-corrected chi connectivity index (χ1v) is 5.94. The lowest BCUT2D eigenvalue weighted by atomic mass is 10.1. The summed E-state index contributed by atoms with van der Waals surface area (Å²) in [5.74, 6) is 0.365. The number of thioether (sulfide) groups is 1. The van der Waals surface area contributed by atoms with Crippen molar-refractivity contribution in [3.63, 3.8) is 0 Å². The molecule has 2 atom stereocenters. The molecule has 84 valence electrons. The summed E-state index contributed by atoms with van der Waals surface area (Å²) in [6.07, 6.45) is -0.329. The number of rotatable bonds is 3. The van der Waals surface area contributed by atoms with Gasteiger partial charge in [0.15, 0.2) is 0 Å². The predicted molar refractivity (Wildman–Crippen MR) is 64.6 cm³/mol. The van der Waals surface area contributed by atoms with Crippen molar-refractivity contribution in [1.82, 2.24) is 0 Å². The number of aliphatic hydroxyl groups is 1. The third kappa shape index (κ3) is 3.14. The first-order valence-electron chi connectivity index (χ1n) is 5.06. The fraction of sp³-hybridized carbons (Fsp3) is 0.500. The van der Waals surface area contributed by atoms with Gasteiger partial charge >= 0.3 is 0 Å². The van der Waals surface area contributed by atoms with Crippen molar-refractivity contribution in [2.45, 2.75) is 43.9 Å². The molecule has 0 amide bonds. The molecule has 1 aromatic carbocycles. The summed E-state index contributed by atoms with van der Waals surface area (Å²) in [6.45, 7) is 7.56. The maximum absolute atomic E-state index is 9.62. The quantitative estimate of drug-likeness (QED) is 0.779. The van der Waals surface area contributed by atoms with Crippen molar-refractivity contribution >= 4 is 11.8 Å². The lowest BCUT2D eigenvalue weighted by molar-refractivity contribution is 0.196. The first kappa shape index (κ1) is 12.4. The Bertz CT molecular complexity index is 324. The second kappa shape index (κ2) is 4.90. The molecule has 3 heteroatoms. The predicted octanol–water partition coefficient (Wildman–Crippen LogP) is 2.87. The van der Waals surface area contributed by atoms with Gasteiger partial charge in [0.1, 0.15) is 5.75 Å². The zero-order chi connectivity index (χ0) is 11.6. The highest BCUT2D eigenvalue weighted by atomic mass is 32.2. The van der Waals surface area contributed by atoms with E-state index in [0.717, 1.165) is 16.0 Å². The minimum Gasteiger partial charge on any atom is -0.507 e. The maximum atomic E-state index is 9.62. The van der Waals surface area contributed by atoms with Gasteiger partial charge in [-0.2, -0.15) is 0 Å². The van der Waals surface area contributed by atoms with Crippen LogP contribution >= 0.6 is 11.8 Å². The molecule has 1 rings (SSSR count). The third-order valence-electron chi connectivity index (χ3n) is 2.47. The molecule has 0 radical (unpaired) electrons. The molecule has 0 aromatic heterocycles. The smallest absolute Gasteiger partial charge is 0.121 e. The van der Waals surface area contributed by atoms with Gasteiger partial charge in [-0.15, -0.1) is 11.8 Å². The molecule has 0 aliphatic heterocycles. The third-order valence-corrected chi connectivity index (χ3v) is 3.74. The van der Waals surface area contributed by atoms with Crippen molar-refractivity contribution < 1.29 is 10.2 Å². The SMILES string of the molecule is Cc1cc(S[C@@H](C)[C@@H](C)O)cc(C)c1O. The minimum atomic E-state index is -0.329. The number of phenols is 1. The van der Waals surface area contributed by atoms with Gasteiger partial charge in [0.25, 0.3) is 0 Å². The Morgan fingerprint density at radius 1 is 1.13 bits per heavy atom. The second-order valence-corrected chi connectivity index (χ2v) is 5.42. The zero-order valence-corrected chi connectivity index (χ0v) is 10.4. The largest absolute Gasteiger partial charge is 0.507 e. The Kier molecular flexibility index (Phi) is 4.05. The molecule has 0 aliphatic carbocycles. The number of phenolic OH excluding ortho intramolecular Hbond substituents is 1. The van der Waals surface area contributed by atoms with E-state index in [1.807, 2.05) is 32.9 Å². The van der Waals surface area contributed by atoms with Crippen LogP contribution in [0.1, 0.15) is 25.0 Å². The van der Waals surface area contributed by atoms with E-state index in [1.54, 1.807) is 18.7 Å². The van der Waals surface area contributed by atoms with Crippen LogP contribution in [0.25, 0.3) is 0 Å². The summed E-state index contributed by atoms with van der Waals surface area (Å²) in [4.78, 5) is 1.09. The second-order valence-electron chi connectivity index (χ2n) is 3.97. The van der Waals surface area contributed by atoms with E-state index in [-0.39, 0.29) is 11.4 Å². The summed E-state index contributed by atoms with van der Waals surface area (Å²) >= 11 is 1.63. The van der Waals surface area contributed by atoms with Crippen LogP contribution in [0.3, 0.4) is 0 Å². The molecule has 0 fully saturated rings. The lowest BCUT2D eigenvalue weighted by Gasteiger charge is -2.15. The fourth-order valence-electron chi connectivity index (χ4n) is 1.30. The van der Waals surface area contributed by atoms with E-state index in [9.17, 15) is 10.2 Å². The van der Waals surface area contributed by atoms with Crippen LogP contribution in [-0.4, -0.2) is 21.6 Å². The topological polar surface area (TPSA) is 40.5 Å². The van der Waals surface area contributed by atoms with E-state index < -0.39 is 0 Å². The molecule has 0 saturated carbocycles. The molecule has 2 nitrogen and oxygen atoms in total. The summed E-state index contributed by atoms with van der Waals surface area (Å²) in [6, 6.07) is 3.90. The average Bonchev–Trinajstić information content (AvgIpc) is 2.13. The average molecular weight is 226 g/mol. The number of benzene rings is 1. The summed E-state index contributed by atoms with van der Waals surface area (Å²) in [5.41, 5.74) is 1.77. The van der Waals surface area contributed by atoms with Gasteiger partial charge in [-0.1, -0.05) is 6.92 Å². The Hall–Kier alpha value is -0.670.